The Balaban J connectivity index is 1.70. The molecule has 0 aliphatic carbocycles. The summed E-state index contributed by atoms with van der Waals surface area (Å²) in [5, 5.41) is 28.4. The standard InChI is InChI=1S/C33H37IN4O10/c1-3-45-28-16-23(14-25(34)30(28)47-20-29(41)46-4-2)17-35-38-32(43)26(15-21-10-12-24(40)13-11-21)36-31(42)27(18-39)37-33(44)48-19-22-8-6-5-7-9-22/h5-14,16-17,26-27,39-40H,3-4,15,18-20H2,1-2H3,(H,36,42)(H,37,44)(H,38,43)/b35-17-/t26-,27-/m0/s1. The highest BCUT2D eigenvalue weighted by atomic mass is 127. The number of carbonyl (C=O) groups is 4. The summed E-state index contributed by atoms with van der Waals surface area (Å²) in [7, 11) is 0. The largest absolute Gasteiger partial charge is 0.508 e. The van der Waals surface area contributed by atoms with Crippen LogP contribution in [0.5, 0.6) is 17.2 Å². The molecule has 14 nitrogen and oxygen atoms in total. The summed E-state index contributed by atoms with van der Waals surface area (Å²) >= 11 is 2.02. The molecule has 0 saturated carbocycles. The lowest BCUT2D eigenvalue weighted by Gasteiger charge is -2.21. The SMILES string of the molecule is CCOC(=O)COc1c(I)cc(/C=N\NC(=O)[C@H](Cc2ccc(O)cc2)NC(=O)[C@H](CO)NC(=O)OCc2ccccc2)cc1OCC. The van der Waals surface area contributed by atoms with Crippen LogP contribution in [-0.2, 0) is 36.9 Å². The van der Waals surface area contributed by atoms with Crippen molar-refractivity contribution in [2.24, 2.45) is 5.10 Å². The number of nitrogens with one attached hydrogen (secondary N) is 3. The van der Waals surface area contributed by atoms with Crippen LogP contribution in [0.1, 0.15) is 30.5 Å². The molecule has 48 heavy (non-hydrogen) atoms. The fourth-order valence-electron chi connectivity index (χ4n) is 4.10. The van der Waals surface area contributed by atoms with Crippen LogP contribution in [0.4, 0.5) is 4.79 Å². The fraction of sp³-hybridized carbons (Fsp3) is 0.303. The number of hydrogen-bond acceptors (Lipinski definition) is 11. The van der Waals surface area contributed by atoms with E-state index in [4.69, 9.17) is 18.9 Å². The average Bonchev–Trinajstić information content (AvgIpc) is 3.07. The maximum atomic E-state index is 13.3. The number of aromatic hydroxyl groups is 1. The lowest BCUT2D eigenvalue weighted by Crippen LogP contribution is -2.55. The van der Waals surface area contributed by atoms with Crippen molar-refractivity contribution in [1.29, 1.82) is 0 Å². The Morgan fingerprint density at radius 3 is 2.27 bits per heavy atom. The van der Waals surface area contributed by atoms with E-state index in [0.29, 0.717) is 32.8 Å². The highest BCUT2D eigenvalue weighted by molar-refractivity contribution is 14.1. The van der Waals surface area contributed by atoms with Gasteiger partial charge in [0.2, 0.25) is 5.91 Å². The Bertz CT molecular complexity index is 1550. The van der Waals surface area contributed by atoms with Crippen LogP contribution in [-0.4, -0.2) is 78.8 Å². The zero-order valence-electron chi connectivity index (χ0n) is 26.3. The summed E-state index contributed by atoms with van der Waals surface area (Å²) in [5.74, 6) is -1.35. The molecule has 3 aromatic carbocycles. The van der Waals surface area contributed by atoms with E-state index in [1.165, 1.54) is 18.3 Å². The lowest BCUT2D eigenvalue weighted by molar-refractivity contribution is -0.145. The summed E-state index contributed by atoms with van der Waals surface area (Å²) in [6.45, 7) is 2.90. The highest BCUT2D eigenvalue weighted by Gasteiger charge is 2.27. The molecule has 0 heterocycles. The zero-order chi connectivity index (χ0) is 34.9. The monoisotopic (exact) mass is 776 g/mol. The molecule has 0 radical (unpaired) electrons. The molecule has 2 atom stereocenters. The van der Waals surface area contributed by atoms with Gasteiger partial charge in [-0.05, 0) is 77.4 Å². The van der Waals surface area contributed by atoms with Gasteiger partial charge in [0.15, 0.2) is 18.1 Å². The minimum Gasteiger partial charge on any atom is -0.508 e. The molecule has 3 rings (SSSR count). The number of carbonyl (C=O) groups excluding carboxylic acids is 4. The number of halogens is 1. The van der Waals surface area contributed by atoms with E-state index in [1.54, 1.807) is 62.4 Å². The third-order valence-corrected chi connectivity index (χ3v) is 7.17. The van der Waals surface area contributed by atoms with Crippen molar-refractivity contribution in [3.63, 3.8) is 0 Å². The number of alkyl carbamates (subject to hydrolysis) is 1. The average molecular weight is 777 g/mol. The van der Waals surface area contributed by atoms with Gasteiger partial charge >= 0.3 is 12.1 Å². The number of rotatable bonds is 17. The van der Waals surface area contributed by atoms with Crippen molar-refractivity contribution in [2.75, 3.05) is 26.4 Å². The third kappa shape index (κ3) is 12.4. The molecule has 0 spiro atoms. The third-order valence-electron chi connectivity index (χ3n) is 6.37. The number of esters is 1. The van der Waals surface area contributed by atoms with Gasteiger partial charge in [0.25, 0.3) is 5.91 Å². The van der Waals surface area contributed by atoms with Gasteiger partial charge in [-0.1, -0.05) is 42.5 Å². The zero-order valence-corrected chi connectivity index (χ0v) is 28.5. The first kappa shape index (κ1) is 37.6. The predicted octanol–water partition coefficient (Wildman–Crippen LogP) is 2.80. The van der Waals surface area contributed by atoms with Gasteiger partial charge in [-0.2, -0.15) is 5.10 Å². The van der Waals surface area contributed by atoms with Crippen LogP contribution >= 0.6 is 22.6 Å². The van der Waals surface area contributed by atoms with E-state index < -0.39 is 42.6 Å². The molecule has 3 amide bonds. The highest BCUT2D eigenvalue weighted by Crippen LogP contribution is 2.34. The van der Waals surface area contributed by atoms with Gasteiger partial charge in [0.1, 0.15) is 24.4 Å². The first-order valence-corrected chi connectivity index (χ1v) is 15.9. The van der Waals surface area contributed by atoms with E-state index in [-0.39, 0.29) is 32.0 Å². The number of nitrogens with zero attached hydrogens (tertiary/aromatic N) is 1. The number of aliphatic hydroxyl groups excluding tert-OH is 1. The van der Waals surface area contributed by atoms with Crippen molar-refractivity contribution in [3.05, 3.63) is 87.0 Å². The number of amides is 3. The Morgan fingerprint density at radius 1 is 0.875 bits per heavy atom. The van der Waals surface area contributed by atoms with Gasteiger partial charge in [0, 0.05) is 6.42 Å². The Kier molecular flexibility index (Phi) is 15.4. The minimum absolute atomic E-state index is 0.0110. The topological polar surface area (TPSA) is 194 Å². The number of aliphatic hydroxyl groups is 1. The van der Waals surface area contributed by atoms with Crippen LogP contribution in [0.3, 0.4) is 0 Å². The van der Waals surface area contributed by atoms with Crippen LogP contribution in [0.15, 0.2) is 71.8 Å². The number of phenols is 1. The van der Waals surface area contributed by atoms with Crippen molar-refractivity contribution in [3.8, 4) is 17.2 Å². The molecule has 0 fully saturated rings. The molecule has 0 aliphatic heterocycles. The Labute approximate surface area is 290 Å². The molecule has 0 unspecified atom stereocenters. The van der Waals surface area contributed by atoms with Gasteiger partial charge in [0.05, 0.1) is 29.6 Å². The summed E-state index contributed by atoms with van der Waals surface area (Å²) in [5.41, 5.74) is 4.26. The first-order chi connectivity index (χ1) is 23.1. The van der Waals surface area contributed by atoms with E-state index in [2.05, 4.69) is 21.2 Å². The van der Waals surface area contributed by atoms with Gasteiger partial charge < -0.3 is 39.8 Å². The molecule has 0 aromatic heterocycles. The number of phenolic OH excluding ortho intramolecular Hbond substituents is 1. The molecule has 15 heteroatoms. The molecular weight excluding hydrogens is 739 g/mol. The number of hydrazone groups is 1. The fourth-order valence-corrected chi connectivity index (χ4v) is 4.88. The van der Waals surface area contributed by atoms with Gasteiger partial charge in [-0.25, -0.2) is 15.0 Å². The van der Waals surface area contributed by atoms with Crippen molar-refractivity contribution < 1.29 is 48.3 Å². The second-order valence-electron chi connectivity index (χ2n) is 9.96. The first-order valence-electron chi connectivity index (χ1n) is 14.9. The number of benzene rings is 3. The summed E-state index contributed by atoms with van der Waals surface area (Å²) in [6.07, 6.45) is 0.413. The number of ether oxygens (including phenoxy) is 4. The summed E-state index contributed by atoms with van der Waals surface area (Å²) in [4.78, 5) is 50.5. The van der Waals surface area contributed by atoms with E-state index >= 15 is 0 Å². The molecular formula is C33H37IN4O10. The van der Waals surface area contributed by atoms with Crippen LogP contribution in [0, 0.1) is 3.57 Å². The normalized spacial score (nSPS) is 12.0. The summed E-state index contributed by atoms with van der Waals surface area (Å²) in [6, 6.07) is 15.6. The molecule has 256 valence electrons. The number of hydrogen-bond donors (Lipinski definition) is 5. The quantitative estimate of drug-likeness (QED) is 0.0589. The summed E-state index contributed by atoms with van der Waals surface area (Å²) < 4.78 is 22.0. The molecule has 3 aromatic rings. The molecule has 0 saturated heterocycles. The predicted molar refractivity (Wildman–Crippen MR) is 183 cm³/mol. The lowest BCUT2D eigenvalue weighted by atomic mass is 10.0. The van der Waals surface area contributed by atoms with E-state index in [1.807, 2.05) is 28.7 Å². The van der Waals surface area contributed by atoms with Crippen LogP contribution in [0.2, 0.25) is 0 Å². The van der Waals surface area contributed by atoms with Crippen molar-refractivity contribution in [1.82, 2.24) is 16.1 Å². The smallest absolute Gasteiger partial charge is 0.408 e. The molecule has 5 N–H and O–H groups in total. The van der Waals surface area contributed by atoms with E-state index in [0.717, 1.165) is 5.56 Å². The molecule has 0 aliphatic rings. The maximum absolute atomic E-state index is 13.3. The van der Waals surface area contributed by atoms with Gasteiger partial charge in [-0.15, -0.1) is 0 Å². The second-order valence-corrected chi connectivity index (χ2v) is 11.1. The Hall–Kier alpha value is -4.90. The van der Waals surface area contributed by atoms with E-state index in [9.17, 15) is 29.4 Å². The maximum Gasteiger partial charge on any atom is 0.408 e. The van der Waals surface area contributed by atoms with Crippen molar-refractivity contribution in [2.45, 2.75) is 39.0 Å². The van der Waals surface area contributed by atoms with Gasteiger partial charge in [-0.3, -0.25) is 9.59 Å². The second kappa shape index (κ2) is 19.7. The van der Waals surface area contributed by atoms with Crippen molar-refractivity contribution >= 4 is 52.7 Å². The molecule has 0 bridgehead atoms. The van der Waals surface area contributed by atoms with Crippen LogP contribution < -0.4 is 25.5 Å². The minimum atomic E-state index is -1.42. The van der Waals surface area contributed by atoms with Crippen LogP contribution in [0.25, 0.3) is 0 Å². The Morgan fingerprint density at radius 2 is 1.60 bits per heavy atom.